The molecule has 1 atom stereocenters. The Labute approximate surface area is 206 Å². The zero-order valence-corrected chi connectivity index (χ0v) is 20.3. The summed E-state index contributed by atoms with van der Waals surface area (Å²) in [6.45, 7) is 4.43. The van der Waals surface area contributed by atoms with E-state index in [1.165, 1.54) is 29.9 Å². The SMILES string of the molecule is CCOc1ccc(C(C(=O)NC2CCCCC2)N(C(=O)c2cnccn2)c2cccc(C)c2)cc1. The van der Waals surface area contributed by atoms with Crippen molar-refractivity contribution < 1.29 is 14.3 Å². The first kappa shape index (κ1) is 24.4. The molecule has 0 saturated heterocycles. The summed E-state index contributed by atoms with van der Waals surface area (Å²) in [5.74, 6) is 0.117. The average molecular weight is 473 g/mol. The fraction of sp³-hybridized carbons (Fsp3) is 0.357. The van der Waals surface area contributed by atoms with Crippen molar-refractivity contribution >= 4 is 17.5 Å². The van der Waals surface area contributed by atoms with Crippen LogP contribution in [0.25, 0.3) is 0 Å². The lowest BCUT2D eigenvalue weighted by Crippen LogP contribution is -2.47. The molecule has 0 bridgehead atoms. The molecule has 182 valence electrons. The number of rotatable bonds is 8. The van der Waals surface area contributed by atoms with E-state index in [4.69, 9.17) is 4.74 Å². The van der Waals surface area contributed by atoms with E-state index in [0.717, 1.165) is 31.2 Å². The van der Waals surface area contributed by atoms with Crippen molar-refractivity contribution in [1.29, 1.82) is 0 Å². The van der Waals surface area contributed by atoms with Gasteiger partial charge in [-0.25, -0.2) is 4.98 Å². The van der Waals surface area contributed by atoms with Gasteiger partial charge in [0.1, 0.15) is 17.5 Å². The van der Waals surface area contributed by atoms with Crippen molar-refractivity contribution in [2.45, 2.75) is 58.0 Å². The third kappa shape index (κ3) is 6.04. The number of carbonyl (C=O) groups excluding carboxylic acids is 2. The summed E-state index contributed by atoms with van der Waals surface area (Å²) in [6, 6.07) is 14.2. The summed E-state index contributed by atoms with van der Waals surface area (Å²) in [5, 5.41) is 3.23. The maximum absolute atomic E-state index is 13.9. The number of aryl methyl sites for hydroxylation is 1. The monoisotopic (exact) mass is 472 g/mol. The molecule has 3 aromatic rings. The Balaban J connectivity index is 1.79. The smallest absolute Gasteiger partial charge is 0.279 e. The number of aromatic nitrogens is 2. The number of anilines is 1. The first-order chi connectivity index (χ1) is 17.1. The van der Waals surface area contributed by atoms with E-state index in [2.05, 4.69) is 15.3 Å². The van der Waals surface area contributed by atoms with Gasteiger partial charge in [-0.2, -0.15) is 0 Å². The van der Waals surface area contributed by atoms with E-state index < -0.39 is 6.04 Å². The molecule has 1 aliphatic carbocycles. The second-order valence-electron chi connectivity index (χ2n) is 8.85. The molecule has 0 aliphatic heterocycles. The summed E-state index contributed by atoms with van der Waals surface area (Å²) in [4.78, 5) is 37.6. The molecule has 35 heavy (non-hydrogen) atoms. The van der Waals surface area contributed by atoms with Crippen LogP contribution in [-0.4, -0.2) is 34.4 Å². The molecule has 1 fully saturated rings. The highest BCUT2D eigenvalue weighted by molar-refractivity contribution is 6.09. The average Bonchev–Trinajstić information content (AvgIpc) is 2.89. The molecule has 4 rings (SSSR count). The van der Waals surface area contributed by atoms with Crippen molar-refractivity contribution in [1.82, 2.24) is 15.3 Å². The molecule has 2 aromatic carbocycles. The summed E-state index contributed by atoms with van der Waals surface area (Å²) in [5.41, 5.74) is 2.48. The molecule has 1 aliphatic rings. The van der Waals surface area contributed by atoms with Gasteiger partial charge in [0.2, 0.25) is 5.91 Å². The van der Waals surface area contributed by atoms with Crippen LogP contribution in [0.2, 0.25) is 0 Å². The van der Waals surface area contributed by atoms with Gasteiger partial charge in [0.15, 0.2) is 0 Å². The van der Waals surface area contributed by atoms with Gasteiger partial charge >= 0.3 is 0 Å². The van der Waals surface area contributed by atoms with Crippen LogP contribution < -0.4 is 15.0 Å². The molecule has 1 aromatic heterocycles. The summed E-state index contributed by atoms with van der Waals surface area (Å²) >= 11 is 0. The Morgan fingerprint density at radius 3 is 2.51 bits per heavy atom. The lowest BCUT2D eigenvalue weighted by atomic mass is 9.94. The van der Waals surface area contributed by atoms with E-state index >= 15 is 0 Å². The number of ether oxygens (including phenoxy) is 1. The fourth-order valence-corrected chi connectivity index (χ4v) is 4.55. The summed E-state index contributed by atoms with van der Waals surface area (Å²) < 4.78 is 5.60. The van der Waals surface area contributed by atoms with Crippen LogP contribution in [0.3, 0.4) is 0 Å². The topological polar surface area (TPSA) is 84.4 Å². The minimum absolute atomic E-state index is 0.104. The molecular formula is C28H32N4O3. The van der Waals surface area contributed by atoms with E-state index in [1.54, 1.807) is 0 Å². The number of benzene rings is 2. The van der Waals surface area contributed by atoms with Crippen molar-refractivity contribution in [2.75, 3.05) is 11.5 Å². The molecule has 1 heterocycles. The lowest BCUT2D eigenvalue weighted by Gasteiger charge is -2.33. The van der Waals surface area contributed by atoms with Crippen LogP contribution in [0.5, 0.6) is 5.75 Å². The van der Waals surface area contributed by atoms with Gasteiger partial charge in [0, 0.05) is 24.1 Å². The van der Waals surface area contributed by atoms with Gasteiger partial charge in [0.05, 0.1) is 12.8 Å². The Bertz CT molecular complexity index is 1130. The van der Waals surface area contributed by atoms with E-state index in [1.807, 2.05) is 62.4 Å². The standard InChI is InChI=1S/C28H32N4O3/c1-3-35-24-14-12-21(13-15-24)26(27(33)31-22-9-5-4-6-10-22)32(23-11-7-8-20(2)18-23)28(34)25-19-29-16-17-30-25/h7-8,11-19,22,26H,3-6,9-10H2,1-2H3,(H,31,33). The second-order valence-corrected chi connectivity index (χ2v) is 8.85. The number of hydrogen-bond acceptors (Lipinski definition) is 5. The number of amides is 2. The zero-order chi connectivity index (χ0) is 24.6. The van der Waals surface area contributed by atoms with Crippen LogP contribution in [-0.2, 0) is 4.79 Å². The van der Waals surface area contributed by atoms with Crippen LogP contribution in [0.15, 0.2) is 67.1 Å². The second kappa shape index (κ2) is 11.6. The minimum Gasteiger partial charge on any atom is -0.494 e. The third-order valence-corrected chi connectivity index (χ3v) is 6.25. The van der Waals surface area contributed by atoms with Crippen molar-refractivity contribution in [3.8, 4) is 5.75 Å². The van der Waals surface area contributed by atoms with Gasteiger partial charge in [-0.1, -0.05) is 43.5 Å². The van der Waals surface area contributed by atoms with Crippen LogP contribution in [0, 0.1) is 6.92 Å². The fourth-order valence-electron chi connectivity index (χ4n) is 4.55. The van der Waals surface area contributed by atoms with E-state index in [9.17, 15) is 9.59 Å². The predicted octanol–water partition coefficient (Wildman–Crippen LogP) is 5.02. The molecule has 1 N–H and O–H groups in total. The normalized spacial score (nSPS) is 14.7. The van der Waals surface area contributed by atoms with Gasteiger partial charge in [0.25, 0.3) is 5.91 Å². The Kier molecular flexibility index (Phi) is 8.08. The van der Waals surface area contributed by atoms with Crippen LogP contribution in [0.4, 0.5) is 5.69 Å². The highest BCUT2D eigenvalue weighted by Crippen LogP contribution is 2.32. The quantitative estimate of drug-likeness (QED) is 0.498. The molecule has 7 nitrogen and oxygen atoms in total. The molecule has 2 amide bonds. The Hall–Kier alpha value is -3.74. The van der Waals surface area contributed by atoms with Crippen molar-refractivity contribution in [3.05, 3.63) is 83.9 Å². The highest BCUT2D eigenvalue weighted by Gasteiger charge is 2.35. The van der Waals surface area contributed by atoms with Crippen LogP contribution >= 0.6 is 0 Å². The molecule has 1 unspecified atom stereocenters. The maximum atomic E-state index is 13.9. The Morgan fingerprint density at radius 1 is 1.09 bits per heavy atom. The molecule has 1 saturated carbocycles. The number of carbonyl (C=O) groups is 2. The van der Waals surface area contributed by atoms with Crippen molar-refractivity contribution in [3.63, 3.8) is 0 Å². The summed E-state index contributed by atoms with van der Waals surface area (Å²) in [6.07, 6.45) is 9.71. The first-order valence-electron chi connectivity index (χ1n) is 12.3. The maximum Gasteiger partial charge on any atom is 0.279 e. The van der Waals surface area contributed by atoms with E-state index in [-0.39, 0.29) is 23.6 Å². The molecule has 7 heteroatoms. The van der Waals surface area contributed by atoms with E-state index in [0.29, 0.717) is 23.6 Å². The first-order valence-corrected chi connectivity index (χ1v) is 12.3. The zero-order valence-electron chi connectivity index (χ0n) is 20.3. The number of hydrogen-bond donors (Lipinski definition) is 1. The van der Waals surface area contributed by atoms with Crippen molar-refractivity contribution in [2.24, 2.45) is 0 Å². The van der Waals surface area contributed by atoms with Gasteiger partial charge in [-0.05, 0) is 62.1 Å². The minimum atomic E-state index is -0.885. The number of nitrogens with one attached hydrogen (secondary N) is 1. The number of nitrogens with zero attached hydrogens (tertiary/aromatic N) is 3. The predicted molar refractivity (Wildman–Crippen MR) is 135 cm³/mol. The summed E-state index contributed by atoms with van der Waals surface area (Å²) in [7, 11) is 0. The Morgan fingerprint density at radius 2 is 1.86 bits per heavy atom. The van der Waals surface area contributed by atoms with Gasteiger partial charge in [-0.3, -0.25) is 19.5 Å². The lowest BCUT2D eigenvalue weighted by molar-refractivity contribution is -0.123. The molecule has 0 spiro atoms. The largest absolute Gasteiger partial charge is 0.494 e. The molecular weight excluding hydrogens is 440 g/mol. The third-order valence-electron chi connectivity index (χ3n) is 6.25. The van der Waals surface area contributed by atoms with Gasteiger partial charge in [-0.15, -0.1) is 0 Å². The van der Waals surface area contributed by atoms with Crippen LogP contribution in [0.1, 0.15) is 66.7 Å². The van der Waals surface area contributed by atoms with Gasteiger partial charge < -0.3 is 10.1 Å². The highest BCUT2D eigenvalue weighted by atomic mass is 16.5. The molecule has 0 radical (unpaired) electrons.